The predicted octanol–water partition coefficient (Wildman–Crippen LogP) is 3.77. The van der Waals surface area contributed by atoms with Gasteiger partial charge in [0.15, 0.2) is 5.43 Å². The maximum absolute atomic E-state index is 13.2. The number of carbonyl (C=O) groups is 1. The maximum Gasteiger partial charge on any atom is 0.337 e. The fraction of sp³-hybridized carbons (Fsp3) is 0.125. The van der Waals surface area contributed by atoms with E-state index in [2.05, 4.69) is 4.98 Å². The molecule has 0 bridgehead atoms. The molecule has 0 aliphatic heterocycles. The van der Waals surface area contributed by atoms with Gasteiger partial charge in [-0.25, -0.2) is 9.78 Å². The van der Waals surface area contributed by atoms with E-state index >= 15 is 0 Å². The third kappa shape index (κ3) is 3.55. The number of benzene rings is 2. The molecule has 2 heterocycles. The summed E-state index contributed by atoms with van der Waals surface area (Å²) in [5, 5.41) is 0.545. The van der Waals surface area contributed by atoms with E-state index in [0.717, 1.165) is 11.3 Å². The Kier molecular flexibility index (Phi) is 5.30. The fourth-order valence-corrected chi connectivity index (χ4v) is 3.47. The van der Waals surface area contributed by atoms with Crippen LogP contribution in [0.1, 0.15) is 21.5 Å². The van der Waals surface area contributed by atoms with Crippen molar-refractivity contribution in [2.75, 3.05) is 14.2 Å². The topological polar surface area (TPSA) is 70.4 Å². The molecule has 30 heavy (non-hydrogen) atoms. The van der Waals surface area contributed by atoms with Crippen LogP contribution in [0.25, 0.3) is 16.7 Å². The molecular weight excluding hydrogens is 380 g/mol. The highest BCUT2D eigenvalue weighted by Crippen LogP contribution is 2.24. The number of nitrogens with zero attached hydrogens (tertiary/aromatic N) is 2. The molecule has 150 valence electrons. The van der Waals surface area contributed by atoms with Gasteiger partial charge in [0.2, 0.25) is 0 Å². The van der Waals surface area contributed by atoms with Gasteiger partial charge in [-0.15, -0.1) is 0 Å². The molecule has 0 radical (unpaired) electrons. The van der Waals surface area contributed by atoms with Crippen LogP contribution < -0.4 is 10.2 Å². The lowest BCUT2D eigenvalue weighted by molar-refractivity contribution is 0.0600. The van der Waals surface area contributed by atoms with Gasteiger partial charge < -0.3 is 14.0 Å². The molecule has 0 saturated heterocycles. The summed E-state index contributed by atoms with van der Waals surface area (Å²) in [4.78, 5) is 29.4. The van der Waals surface area contributed by atoms with Crippen molar-refractivity contribution in [3.63, 3.8) is 0 Å². The molecule has 0 spiro atoms. The summed E-state index contributed by atoms with van der Waals surface area (Å²) >= 11 is 0. The molecule has 0 aliphatic rings. The van der Waals surface area contributed by atoms with E-state index in [4.69, 9.17) is 9.47 Å². The van der Waals surface area contributed by atoms with E-state index in [1.807, 2.05) is 41.1 Å². The molecule has 6 nitrogen and oxygen atoms in total. The predicted molar refractivity (Wildman–Crippen MR) is 114 cm³/mol. The summed E-state index contributed by atoms with van der Waals surface area (Å²) in [5.41, 5.74) is 3.22. The number of esters is 1. The molecule has 0 N–H and O–H groups in total. The standard InChI is InChI=1S/C24H20N2O4/c1-29-21-14-17(24(28)30-2)11-10-16(21)13-18-15-26(19-7-4-3-5-8-19)23-20(22(18)27)9-6-12-25-23/h3-12,14-15H,13H2,1-2H3. The van der Waals surface area contributed by atoms with Crippen LogP contribution in [-0.2, 0) is 11.2 Å². The SMILES string of the molecule is COC(=O)c1ccc(Cc2cn(-c3ccccc3)c3ncccc3c2=O)c(OC)c1. The Bertz CT molecular complexity index is 1280. The first kappa shape index (κ1) is 19.4. The minimum atomic E-state index is -0.442. The van der Waals surface area contributed by atoms with Crippen LogP contribution in [0.5, 0.6) is 5.75 Å². The van der Waals surface area contributed by atoms with Gasteiger partial charge in [0.1, 0.15) is 11.4 Å². The van der Waals surface area contributed by atoms with Crippen LogP contribution in [-0.4, -0.2) is 29.7 Å². The highest BCUT2D eigenvalue weighted by atomic mass is 16.5. The first-order valence-corrected chi connectivity index (χ1v) is 9.42. The van der Waals surface area contributed by atoms with E-state index in [0.29, 0.717) is 34.3 Å². The van der Waals surface area contributed by atoms with Gasteiger partial charge in [0.25, 0.3) is 0 Å². The molecule has 4 aromatic rings. The summed E-state index contributed by atoms with van der Waals surface area (Å²) in [5.74, 6) is 0.0814. The molecule has 6 heteroatoms. The first-order chi connectivity index (χ1) is 14.6. The zero-order valence-corrected chi connectivity index (χ0v) is 16.7. The molecule has 2 aromatic carbocycles. The molecule has 0 saturated carbocycles. The van der Waals surface area contributed by atoms with Crippen molar-refractivity contribution in [1.82, 2.24) is 9.55 Å². The van der Waals surface area contributed by atoms with Crippen molar-refractivity contribution in [2.45, 2.75) is 6.42 Å². The van der Waals surface area contributed by atoms with Gasteiger partial charge in [0.05, 0.1) is 25.2 Å². The third-order valence-electron chi connectivity index (χ3n) is 4.96. The zero-order chi connectivity index (χ0) is 21.1. The Morgan fingerprint density at radius 3 is 2.53 bits per heavy atom. The van der Waals surface area contributed by atoms with Gasteiger partial charge in [0, 0.05) is 30.1 Å². The number of ether oxygens (including phenoxy) is 2. The third-order valence-corrected chi connectivity index (χ3v) is 4.96. The Balaban J connectivity index is 1.85. The van der Waals surface area contributed by atoms with Crippen LogP contribution in [0.4, 0.5) is 0 Å². The molecule has 0 unspecified atom stereocenters. The number of hydrogen-bond acceptors (Lipinski definition) is 5. The fourth-order valence-electron chi connectivity index (χ4n) is 3.47. The molecule has 0 aliphatic carbocycles. The number of aromatic nitrogens is 2. The number of fused-ring (bicyclic) bond motifs is 1. The van der Waals surface area contributed by atoms with Gasteiger partial charge >= 0.3 is 5.97 Å². The van der Waals surface area contributed by atoms with Gasteiger partial charge in [-0.1, -0.05) is 24.3 Å². The Morgan fingerprint density at radius 1 is 1.00 bits per heavy atom. The van der Waals surface area contributed by atoms with Crippen molar-refractivity contribution >= 4 is 17.0 Å². The average molecular weight is 400 g/mol. The van der Waals surface area contributed by atoms with Crippen LogP contribution >= 0.6 is 0 Å². The molecule has 2 aromatic heterocycles. The number of pyridine rings is 2. The molecule has 4 rings (SSSR count). The van der Waals surface area contributed by atoms with E-state index in [9.17, 15) is 9.59 Å². The highest BCUT2D eigenvalue weighted by molar-refractivity contribution is 5.90. The molecule has 0 atom stereocenters. The van der Waals surface area contributed by atoms with Crippen molar-refractivity contribution in [1.29, 1.82) is 0 Å². The monoisotopic (exact) mass is 400 g/mol. The number of para-hydroxylation sites is 1. The largest absolute Gasteiger partial charge is 0.496 e. The average Bonchev–Trinajstić information content (AvgIpc) is 2.81. The smallest absolute Gasteiger partial charge is 0.337 e. The van der Waals surface area contributed by atoms with E-state index in [1.165, 1.54) is 14.2 Å². The van der Waals surface area contributed by atoms with E-state index in [1.54, 1.807) is 36.5 Å². The second-order valence-corrected chi connectivity index (χ2v) is 6.76. The summed E-state index contributed by atoms with van der Waals surface area (Å²) in [6, 6.07) is 18.4. The summed E-state index contributed by atoms with van der Waals surface area (Å²) in [7, 11) is 2.87. The zero-order valence-electron chi connectivity index (χ0n) is 16.7. The molecule has 0 amide bonds. The van der Waals surface area contributed by atoms with Crippen molar-refractivity contribution in [2.24, 2.45) is 0 Å². The lowest BCUT2D eigenvalue weighted by atomic mass is 10.0. The highest BCUT2D eigenvalue weighted by Gasteiger charge is 2.15. The van der Waals surface area contributed by atoms with E-state index in [-0.39, 0.29) is 5.43 Å². The summed E-state index contributed by atoms with van der Waals surface area (Å²) < 4.78 is 12.2. The Hall–Kier alpha value is -3.93. The van der Waals surface area contributed by atoms with Crippen LogP contribution in [0.2, 0.25) is 0 Å². The number of methoxy groups -OCH3 is 2. The lowest BCUT2D eigenvalue weighted by Gasteiger charge is -2.14. The first-order valence-electron chi connectivity index (χ1n) is 9.42. The second kappa shape index (κ2) is 8.21. The summed E-state index contributed by atoms with van der Waals surface area (Å²) in [6.45, 7) is 0. The Morgan fingerprint density at radius 2 is 1.80 bits per heavy atom. The van der Waals surface area contributed by atoms with Gasteiger partial charge in [-0.2, -0.15) is 0 Å². The normalized spacial score (nSPS) is 10.7. The second-order valence-electron chi connectivity index (χ2n) is 6.76. The number of rotatable bonds is 5. The van der Waals surface area contributed by atoms with Gasteiger partial charge in [-0.3, -0.25) is 4.79 Å². The quantitative estimate of drug-likeness (QED) is 0.477. The lowest BCUT2D eigenvalue weighted by Crippen LogP contribution is -2.15. The number of hydrogen-bond donors (Lipinski definition) is 0. The van der Waals surface area contributed by atoms with Crippen molar-refractivity contribution in [3.8, 4) is 11.4 Å². The minimum absolute atomic E-state index is 0.0793. The van der Waals surface area contributed by atoms with Crippen LogP contribution in [0.15, 0.2) is 77.9 Å². The van der Waals surface area contributed by atoms with Crippen molar-refractivity contribution < 1.29 is 14.3 Å². The van der Waals surface area contributed by atoms with Crippen molar-refractivity contribution in [3.05, 3.63) is 100.0 Å². The minimum Gasteiger partial charge on any atom is -0.496 e. The van der Waals surface area contributed by atoms with Crippen LogP contribution in [0, 0.1) is 0 Å². The Labute approximate surface area is 173 Å². The van der Waals surface area contributed by atoms with Crippen LogP contribution in [0.3, 0.4) is 0 Å². The molecular formula is C24H20N2O4. The summed E-state index contributed by atoms with van der Waals surface area (Å²) in [6.07, 6.45) is 3.84. The molecule has 0 fully saturated rings. The maximum atomic E-state index is 13.2. The number of carbonyl (C=O) groups excluding carboxylic acids is 1. The van der Waals surface area contributed by atoms with Gasteiger partial charge in [-0.05, 0) is 42.0 Å². The van der Waals surface area contributed by atoms with E-state index < -0.39 is 5.97 Å².